The summed E-state index contributed by atoms with van der Waals surface area (Å²) in [6.45, 7) is 1.64. The van der Waals surface area contributed by atoms with Gasteiger partial charge in [-0.2, -0.15) is 13.2 Å². The van der Waals surface area contributed by atoms with Crippen molar-refractivity contribution < 1.29 is 27.9 Å². The number of hydrogen-bond donors (Lipinski definition) is 2. The molecule has 0 bridgehead atoms. The molecule has 0 aliphatic carbocycles. The van der Waals surface area contributed by atoms with Gasteiger partial charge in [0.2, 0.25) is 0 Å². The third kappa shape index (κ3) is 5.34. The van der Waals surface area contributed by atoms with Crippen LogP contribution in [0.1, 0.15) is 41.3 Å². The van der Waals surface area contributed by atoms with E-state index in [1.807, 2.05) is 0 Å². The summed E-state index contributed by atoms with van der Waals surface area (Å²) < 4.78 is 36.9. The van der Waals surface area contributed by atoms with Crippen molar-refractivity contribution in [2.75, 3.05) is 6.54 Å². The van der Waals surface area contributed by atoms with Crippen molar-refractivity contribution in [1.29, 1.82) is 0 Å². The molecule has 0 spiro atoms. The Balaban J connectivity index is 2.08. The number of aryl methyl sites for hydroxylation is 1. The molecule has 0 fully saturated rings. The van der Waals surface area contributed by atoms with E-state index in [1.54, 1.807) is 37.3 Å². The Hall–Kier alpha value is -2.83. The first-order chi connectivity index (χ1) is 13.2. The van der Waals surface area contributed by atoms with Crippen LogP contribution >= 0.6 is 0 Å². The van der Waals surface area contributed by atoms with Crippen LogP contribution < -0.4 is 5.32 Å². The lowest BCUT2D eigenvalue weighted by Gasteiger charge is -2.29. The molecule has 7 heteroatoms. The molecule has 0 radical (unpaired) electrons. The minimum absolute atomic E-state index is 0.0997. The molecule has 1 atom stereocenters. The molecule has 1 amide bonds. The van der Waals surface area contributed by atoms with Crippen LogP contribution in [0.3, 0.4) is 0 Å². The van der Waals surface area contributed by atoms with Gasteiger partial charge in [-0.25, -0.2) is 0 Å². The molecule has 0 saturated heterocycles. The van der Waals surface area contributed by atoms with Gasteiger partial charge in [0.05, 0.1) is 0 Å². The Labute approximate surface area is 161 Å². The van der Waals surface area contributed by atoms with E-state index in [2.05, 4.69) is 5.32 Å². The molecule has 2 aromatic rings. The highest BCUT2D eigenvalue weighted by Gasteiger charge is 2.39. The fourth-order valence-corrected chi connectivity index (χ4v) is 2.98. The van der Waals surface area contributed by atoms with Gasteiger partial charge in [0.1, 0.15) is 5.41 Å². The van der Waals surface area contributed by atoms with Gasteiger partial charge in [0.25, 0.3) is 5.91 Å². The predicted octanol–water partition coefficient (Wildman–Crippen LogP) is 4.34. The number of carbonyl (C=O) groups excluding carboxylic acids is 1. The molecule has 1 unspecified atom stereocenters. The topological polar surface area (TPSA) is 66.4 Å². The van der Waals surface area contributed by atoms with Crippen molar-refractivity contribution in [3.8, 4) is 0 Å². The molecule has 0 aliphatic heterocycles. The van der Waals surface area contributed by atoms with Gasteiger partial charge in [-0.1, -0.05) is 49.4 Å². The van der Waals surface area contributed by atoms with Crippen molar-refractivity contribution in [1.82, 2.24) is 5.32 Å². The lowest BCUT2D eigenvalue weighted by molar-refractivity contribution is -0.143. The number of carboxylic acids is 1. The number of nitrogens with one attached hydrogen (secondary N) is 1. The Morgan fingerprint density at radius 3 is 2.11 bits per heavy atom. The normalized spacial score (nSPS) is 13.6. The lowest BCUT2D eigenvalue weighted by atomic mass is 9.78. The van der Waals surface area contributed by atoms with Gasteiger partial charge < -0.3 is 10.4 Å². The largest absolute Gasteiger partial charge is 0.481 e. The number of alkyl halides is 3. The first-order valence-corrected chi connectivity index (χ1v) is 8.91. The molecule has 2 rings (SSSR count). The summed E-state index contributed by atoms with van der Waals surface area (Å²) in [4.78, 5) is 24.4. The monoisotopic (exact) mass is 393 g/mol. The van der Waals surface area contributed by atoms with Crippen LogP contribution in [0.15, 0.2) is 54.6 Å². The van der Waals surface area contributed by atoms with Gasteiger partial charge >= 0.3 is 12.1 Å². The molecule has 4 nitrogen and oxygen atoms in total. The molecule has 0 aromatic heterocycles. The van der Waals surface area contributed by atoms with Crippen LogP contribution in [0.5, 0.6) is 0 Å². The van der Waals surface area contributed by atoms with Crippen molar-refractivity contribution in [2.45, 2.75) is 37.8 Å². The van der Waals surface area contributed by atoms with Crippen molar-refractivity contribution in [3.05, 3.63) is 71.3 Å². The zero-order valence-corrected chi connectivity index (χ0v) is 15.4. The standard InChI is InChI=1S/C21H22F3NO3/c1-2-20(19(27)28,17-6-4-3-5-7-17)14-25-18(26)16-10-8-15(9-11-16)12-13-21(22,23)24/h3-11H,2,12-14H2,1H3,(H,25,26)(H,27,28). The van der Waals surface area contributed by atoms with E-state index >= 15 is 0 Å². The molecule has 0 aliphatic rings. The minimum atomic E-state index is -4.23. The van der Waals surface area contributed by atoms with E-state index in [1.165, 1.54) is 24.3 Å². The van der Waals surface area contributed by atoms with E-state index < -0.39 is 29.9 Å². The van der Waals surface area contributed by atoms with Gasteiger partial charge in [0.15, 0.2) is 0 Å². The van der Waals surface area contributed by atoms with Crippen LogP contribution in [0.4, 0.5) is 13.2 Å². The van der Waals surface area contributed by atoms with E-state index in [0.29, 0.717) is 11.1 Å². The van der Waals surface area contributed by atoms with Crippen molar-refractivity contribution in [2.24, 2.45) is 0 Å². The Morgan fingerprint density at radius 1 is 1.00 bits per heavy atom. The van der Waals surface area contributed by atoms with E-state index in [0.717, 1.165) is 0 Å². The molecular formula is C21H22F3NO3. The highest BCUT2D eigenvalue weighted by molar-refractivity contribution is 5.95. The number of carbonyl (C=O) groups is 2. The van der Waals surface area contributed by atoms with Gasteiger partial charge in [0, 0.05) is 18.5 Å². The van der Waals surface area contributed by atoms with Crippen LogP contribution in [0.2, 0.25) is 0 Å². The van der Waals surface area contributed by atoms with Crippen LogP contribution in [-0.2, 0) is 16.6 Å². The molecule has 150 valence electrons. The molecule has 0 saturated carbocycles. The second kappa shape index (κ2) is 8.91. The summed E-state index contributed by atoms with van der Waals surface area (Å²) in [5.41, 5.74) is 0.0717. The van der Waals surface area contributed by atoms with E-state index in [9.17, 15) is 27.9 Å². The number of amides is 1. The SMILES string of the molecule is CCC(CNC(=O)c1ccc(CCC(F)(F)F)cc1)(C(=O)O)c1ccccc1. The second-order valence-corrected chi connectivity index (χ2v) is 6.60. The van der Waals surface area contributed by atoms with E-state index in [-0.39, 0.29) is 24.9 Å². The minimum Gasteiger partial charge on any atom is -0.481 e. The average Bonchev–Trinajstić information content (AvgIpc) is 2.67. The summed E-state index contributed by atoms with van der Waals surface area (Å²) in [6, 6.07) is 14.5. The molecule has 28 heavy (non-hydrogen) atoms. The van der Waals surface area contributed by atoms with Crippen molar-refractivity contribution >= 4 is 11.9 Å². The Bertz CT molecular complexity index is 804. The molecule has 0 heterocycles. The summed E-state index contributed by atoms with van der Waals surface area (Å²) in [5, 5.41) is 12.4. The summed E-state index contributed by atoms with van der Waals surface area (Å²) >= 11 is 0. The van der Waals surface area contributed by atoms with Crippen LogP contribution in [0.25, 0.3) is 0 Å². The van der Waals surface area contributed by atoms with Gasteiger partial charge in [-0.3, -0.25) is 9.59 Å². The number of carboxylic acid groups (broad SMARTS) is 1. The first kappa shape index (κ1) is 21.5. The highest BCUT2D eigenvalue weighted by atomic mass is 19.4. The third-order valence-electron chi connectivity index (χ3n) is 4.80. The van der Waals surface area contributed by atoms with E-state index in [4.69, 9.17) is 0 Å². The Morgan fingerprint density at radius 2 is 1.61 bits per heavy atom. The van der Waals surface area contributed by atoms with Gasteiger partial charge in [-0.05, 0) is 36.1 Å². The lowest BCUT2D eigenvalue weighted by Crippen LogP contribution is -2.46. The maximum atomic E-state index is 12.4. The van der Waals surface area contributed by atoms with Gasteiger partial charge in [-0.15, -0.1) is 0 Å². The Kier molecular flexibility index (Phi) is 6.83. The number of rotatable bonds is 8. The van der Waals surface area contributed by atoms with Crippen LogP contribution in [0, 0.1) is 0 Å². The fraction of sp³-hybridized carbons (Fsp3) is 0.333. The maximum Gasteiger partial charge on any atom is 0.389 e. The first-order valence-electron chi connectivity index (χ1n) is 8.91. The zero-order chi connectivity index (χ0) is 20.8. The highest BCUT2D eigenvalue weighted by Crippen LogP contribution is 2.28. The smallest absolute Gasteiger partial charge is 0.389 e. The quantitative estimate of drug-likeness (QED) is 0.701. The van der Waals surface area contributed by atoms with Crippen molar-refractivity contribution in [3.63, 3.8) is 0 Å². The molecule has 2 aromatic carbocycles. The predicted molar refractivity (Wildman–Crippen MR) is 99.2 cm³/mol. The second-order valence-electron chi connectivity index (χ2n) is 6.60. The maximum absolute atomic E-state index is 12.4. The summed E-state index contributed by atoms with van der Waals surface area (Å²) in [7, 11) is 0. The number of aliphatic carboxylic acids is 1. The molecule has 2 N–H and O–H groups in total. The number of benzene rings is 2. The number of hydrogen-bond acceptors (Lipinski definition) is 2. The average molecular weight is 393 g/mol. The zero-order valence-electron chi connectivity index (χ0n) is 15.4. The fourth-order valence-electron chi connectivity index (χ4n) is 2.98. The molecular weight excluding hydrogens is 371 g/mol. The summed E-state index contributed by atoms with van der Waals surface area (Å²) in [6.07, 6.45) is -5.03. The number of halogens is 3. The van der Waals surface area contributed by atoms with Crippen LogP contribution in [-0.4, -0.2) is 29.7 Å². The summed E-state index contributed by atoms with van der Waals surface area (Å²) in [5.74, 6) is -1.51. The third-order valence-corrected chi connectivity index (χ3v) is 4.80.